The first-order chi connectivity index (χ1) is 10.1. The molecule has 0 aliphatic carbocycles. The quantitative estimate of drug-likeness (QED) is 0.801. The van der Waals surface area contributed by atoms with Gasteiger partial charge in [-0.2, -0.15) is 0 Å². The Balaban J connectivity index is 2.01. The molecule has 21 heavy (non-hydrogen) atoms. The molecule has 4 nitrogen and oxygen atoms in total. The van der Waals surface area contributed by atoms with E-state index < -0.39 is 10.0 Å². The first kappa shape index (κ1) is 13.9. The Morgan fingerprint density at radius 3 is 2.52 bits per heavy atom. The summed E-state index contributed by atoms with van der Waals surface area (Å²) in [5, 5.41) is 2.08. The summed E-state index contributed by atoms with van der Waals surface area (Å²) in [4.78, 5) is 4.21. The highest BCUT2D eigenvalue weighted by atomic mass is 35.5. The van der Waals surface area contributed by atoms with E-state index in [1.165, 1.54) is 6.20 Å². The second-order valence-electron chi connectivity index (χ2n) is 4.48. The summed E-state index contributed by atoms with van der Waals surface area (Å²) < 4.78 is 27.1. The summed E-state index contributed by atoms with van der Waals surface area (Å²) in [5.74, 6) is 0. The van der Waals surface area contributed by atoms with Crippen molar-refractivity contribution in [3.8, 4) is 0 Å². The first-order valence-corrected chi connectivity index (χ1v) is 8.03. The molecule has 0 aliphatic rings. The molecule has 0 saturated carbocycles. The van der Waals surface area contributed by atoms with E-state index in [9.17, 15) is 8.42 Å². The van der Waals surface area contributed by atoms with Crippen molar-refractivity contribution in [2.75, 3.05) is 4.72 Å². The van der Waals surface area contributed by atoms with Gasteiger partial charge in [0.1, 0.15) is 0 Å². The number of hydrogen-bond acceptors (Lipinski definition) is 3. The lowest BCUT2D eigenvalue weighted by molar-refractivity contribution is 0.601. The largest absolute Gasteiger partial charge is 0.280 e. The van der Waals surface area contributed by atoms with E-state index in [0.717, 1.165) is 10.8 Å². The Kier molecular flexibility index (Phi) is 3.53. The average molecular weight is 319 g/mol. The van der Waals surface area contributed by atoms with E-state index >= 15 is 0 Å². The molecule has 3 aromatic rings. The Morgan fingerprint density at radius 1 is 1.00 bits per heavy atom. The Hall–Kier alpha value is -2.11. The van der Waals surface area contributed by atoms with Crippen molar-refractivity contribution in [2.24, 2.45) is 0 Å². The maximum Gasteiger partial charge on any atom is 0.261 e. The number of benzene rings is 2. The standard InChI is InChI=1S/C15H11ClN2O2S/c16-15-10-17-9-11-6-7-12(8-14(11)15)18-21(19,20)13-4-2-1-3-5-13/h1-10,18H. The summed E-state index contributed by atoms with van der Waals surface area (Å²) in [6, 6.07) is 13.4. The number of halogens is 1. The molecule has 0 aliphatic heterocycles. The normalized spacial score (nSPS) is 11.5. The highest BCUT2D eigenvalue weighted by Crippen LogP contribution is 2.26. The number of nitrogens with one attached hydrogen (secondary N) is 1. The molecule has 0 amide bonds. The number of nitrogens with zero attached hydrogens (tertiary/aromatic N) is 1. The smallest absolute Gasteiger partial charge is 0.261 e. The van der Waals surface area contributed by atoms with Gasteiger partial charge in [-0.15, -0.1) is 0 Å². The number of aromatic nitrogens is 1. The lowest BCUT2D eigenvalue weighted by atomic mass is 10.1. The van der Waals surface area contributed by atoms with E-state index in [4.69, 9.17) is 11.6 Å². The molecule has 0 fully saturated rings. The summed E-state index contributed by atoms with van der Waals surface area (Å²) in [6.45, 7) is 0. The van der Waals surface area contributed by atoms with Crippen LogP contribution in [0.5, 0.6) is 0 Å². The van der Waals surface area contributed by atoms with Gasteiger partial charge in [-0.1, -0.05) is 35.9 Å². The van der Waals surface area contributed by atoms with Gasteiger partial charge < -0.3 is 0 Å². The molecule has 0 radical (unpaired) electrons. The molecular weight excluding hydrogens is 308 g/mol. The van der Waals surface area contributed by atoms with Crippen LogP contribution in [0.1, 0.15) is 0 Å². The minimum absolute atomic E-state index is 0.214. The zero-order valence-corrected chi connectivity index (χ0v) is 12.4. The van der Waals surface area contributed by atoms with Crippen LogP contribution in [0.4, 0.5) is 5.69 Å². The molecule has 106 valence electrons. The van der Waals surface area contributed by atoms with E-state index in [0.29, 0.717) is 10.7 Å². The van der Waals surface area contributed by atoms with Gasteiger partial charge in [-0.25, -0.2) is 8.42 Å². The first-order valence-electron chi connectivity index (χ1n) is 6.17. The lowest BCUT2D eigenvalue weighted by Crippen LogP contribution is -2.12. The number of sulfonamides is 1. The SMILES string of the molecule is O=S(=O)(Nc1ccc2cncc(Cl)c2c1)c1ccccc1. The van der Waals surface area contributed by atoms with Gasteiger partial charge in [-0.05, 0) is 24.3 Å². The average Bonchev–Trinajstić information content (AvgIpc) is 2.49. The fourth-order valence-corrected chi connectivity index (χ4v) is 3.30. The molecule has 3 rings (SSSR count). The van der Waals surface area contributed by atoms with Crippen LogP contribution in [-0.4, -0.2) is 13.4 Å². The van der Waals surface area contributed by atoms with Gasteiger partial charge in [0, 0.05) is 28.9 Å². The highest BCUT2D eigenvalue weighted by molar-refractivity contribution is 7.92. The van der Waals surface area contributed by atoms with Crippen LogP contribution < -0.4 is 4.72 Å². The van der Waals surface area contributed by atoms with Gasteiger partial charge in [0.25, 0.3) is 10.0 Å². The van der Waals surface area contributed by atoms with Crippen LogP contribution in [0.25, 0.3) is 10.8 Å². The third-order valence-corrected chi connectivity index (χ3v) is 4.72. The fraction of sp³-hybridized carbons (Fsp3) is 0. The van der Waals surface area contributed by atoms with Gasteiger partial charge in [-0.3, -0.25) is 9.71 Å². The molecule has 0 atom stereocenters. The Morgan fingerprint density at radius 2 is 1.76 bits per heavy atom. The van der Waals surface area contributed by atoms with Crippen LogP contribution >= 0.6 is 11.6 Å². The lowest BCUT2D eigenvalue weighted by Gasteiger charge is -2.09. The second-order valence-corrected chi connectivity index (χ2v) is 6.57. The Bertz CT molecular complexity index is 896. The van der Waals surface area contributed by atoms with Crippen LogP contribution in [0.3, 0.4) is 0 Å². The third-order valence-electron chi connectivity index (χ3n) is 3.02. The van der Waals surface area contributed by atoms with Crippen LogP contribution in [0.15, 0.2) is 65.8 Å². The fourth-order valence-electron chi connectivity index (χ4n) is 2.01. The minimum Gasteiger partial charge on any atom is -0.280 e. The summed E-state index contributed by atoms with van der Waals surface area (Å²) in [6.07, 6.45) is 3.20. The van der Waals surface area contributed by atoms with Crippen molar-refractivity contribution in [3.63, 3.8) is 0 Å². The van der Waals surface area contributed by atoms with Crippen molar-refractivity contribution < 1.29 is 8.42 Å². The number of anilines is 1. The maximum absolute atomic E-state index is 12.3. The molecule has 1 heterocycles. The molecular formula is C15H11ClN2O2S. The van der Waals surface area contributed by atoms with E-state index in [1.807, 2.05) is 0 Å². The molecule has 0 bridgehead atoms. The summed E-state index contributed by atoms with van der Waals surface area (Å²) in [5.41, 5.74) is 0.458. The molecule has 0 unspecified atom stereocenters. The zero-order chi connectivity index (χ0) is 14.9. The van der Waals surface area contributed by atoms with Crippen LogP contribution in [0, 0.1) is 0 Å². The monoisotopic (exact) mass is 318 g/mol. The predicted molar refractivity (Wildman–Crippen MR) is 84.0 cm³/mol. The van der Waals surface area contributed by atoms with Gasteiger partial charge in [0.05, 0.1) is 9.92 Å². The van der Waals surface area contributed by atoms with Gasteiger partial charge >= 0.3 is 0 Å². The summed E-state index contributed by atoms with van der Waals surface area (Å²) >= 11 is 6.08. The number of fused-ring (bicyclic) bond motifs is 1. The Labute approximate surface area is 127 Å². The van der Waals surface area contributed by atoms with Gasteiger partial charge in [0.2, 0.25) is 0 Å². The molecule has 1 N–H and O–H groups in total. The topological polar surface area (TPSA) is 59.1 Å². The zero-order valence-electron chi connectivity index (χ0n) is 10.8. The van der Waals surface area contributed by atoms with Crippen molar-refractivity contribution in [1.29, 1.82) is 0 Å². The number of pyridine rings is 1. The van der Waals surface area contributed by atoms with Gasteiger partial charge in [0.15, 0.2) is 0 Å². The number of rotatable bonds is 3. The van der Waals surface area contributed by atoms with Crippen LogP contribution in [0.2, 0.25) is 5.02 Å². The molecule has 2 aromatic carbocycles. The van der Waals surface area contributed by atoms with E-state index in [2.05, 4.69) is 9.71 Å². The predicted octanol–water partition coefficient (Wildman–Crippen LogP) is 3.69. The van der Waals surface area contributed by atoms with Crippen molar-refractivity contribution in [2.45, 2.75) is 4.90 Å². The minimum atomic E-state index is -3.60. The highest BCUT2D eigenvalue weighted by Gasteiger charge is 2.13. The van der Waals surface area contributed by atoms with E-state index in [-0.39, 0.29) is 4.90 Å². The molecule has 6 heteroatoms. The van der Waals surface area contributed by atoms with Crippen LogP contribution in [-0.2, 0) is 10.0 Å². The maximum atomic E-state index is 12.3. The summed E-state index contributed by atoms with van der Waals surface area (Å²) in [7, 11) is -3.60. The second kappa shape index (κ2) is 5.35. The van der Waals surface area contributed by atoms with Crippen molar-refractivity contribution in [3.05, 3.63) is 65.9 Å². The third kappa shape index (κ3) is 2.84. The molecule has 1 aromatic heterocycles. The van der Waals surface area contributed by atoms with Crippen molar-refractivity contribution >= 4 is 38.1 Å². The van der Waals surface area contributed by atoms with Crippen molar-refractivity contribution in [1.82, 2.24) is 4.98 Å². The molecule has 0 saturated heterocycles. The molecule has 0 spiro atoms. The number of hydrogen-bond donors (Lipinski definition) is 1. The van der Waals surface area contributed by atoms with E-state index in [1.54, 1.807) is 54.7 Å².